The first-order chi connectivity index (χ1) is 14.3. The van der Waals surface area contributed by atoms with E-state index in [0.29, 0.717) is 11.3 Å². The second kappa shape index (κ2) is 8.96. The van der Waals surface area contributed by atoms with E-state index in [1.807, 2.05) is 0 Å². The maximum atomic E-state index is 13.3. The molecule has 0 aliphatic rings. The van der Waals surface area contributed by atoms with E-state index >= 15 is 0 Å². The molecule has 1 heterocycles. The number of phenols is 1. The highest BCUT2D eigenvalue weighted by molar-refractivity contribution is 14.1. The largest absolute Gasteiger partial charge is 0.504 e. The molecule has 0 radical (unpaired) electrons. The Bertz CT molecular complexity index is 1160. The molecule has 0 saturated carbocycles. The maximum absolute atomic E-state index is 13.3. The highest BCUT2D eigenvalue weighted by atomic mass is 127. The number of halogens is 2. The Kier molecular flexibility index (Phi) is 6.75. The topological polar surface area (TPSA) is 96.6 Å². The van der Waals surface area contributed by atoms with Gasteiger partial charge in [0.25, 0.3) is 0 Å². The molecule has 0 aliphatic heterocycles. The van der Waals surface area contributed by atoms with Crippen molar-refractivity contribution in [1.29, 1.82) is 0 Å². The number of hydrogen-bond acceptors (Lipinski definition) is 8. The molecule has 0 fully saturated rings. The van der Waals surface area contributed by atoms with Crippen LogP contribution in [0.15, 0.2) is 21.3 Å². The smallest absolute Gasteiger partial charge is 0.239 e. The fraction of sp³-hybridized carbons (Fsp3) is 0.250. The standard InChI is InChI=1S/C20H18I2O8/c1-25-15-9(21)6-8(7-10(15)22)14-17(26-2)12(23)11-13(24)18(27-3)20(29-5)19(28-4)16(11)30-14/h6-7,24H,1-5H3. The van der Waals surface area contributed by atoms with E-state index in [1.54, 1.807) is 19.2 Å². The fourth-order valence-corrected chi connectivity index (χ4v) is 5.35. The van der Waals surface area contributed by atoms with Crippen molar-refractivity contribution in [3.63, 3.8) is 0 Å². The van der Waals surface area contributed by atoms with Gasteiger partial charge in [0.05, 0.1) is 42.7 Å². The van der Waals surface area contributed by atoms with Gasteiger partial charge < -0.3 is 33.2 Å². The zero-order valence-corrected chi connectivity index (χ0v) is 21.0. The second-order valence-electron chi connectivity index (χ2n) is 5.92. The lowest BCUT2D eigenvalue weighted by Crippen LogP contribution is -2.10. The van der Waals surface area contributed by atoms with Gasteiger partial charge in [0.2, 0.25) is 28.4 Å². The summed E-state index contributed by atoms with van der Waals surface area (Å²) in [6, 6.07) is 3.61. The SMILES string of the molecule is COc1c(I)cc(-c2oc3c(OC)c(OC)c(OC)c(O)c3c(=O)c2OC)cc1I. The Morgan fingerprint density at radius 2 is 1.27 bits per heavy atom. The number of rotatable bonds is 6. The fourth-order valence-electron chi connectivity index (χ4n) is 3.14. The summed E-state index contributed by atoms with van der Waals surface area (Å²) in [5, 5.41) is 10.6. The summed E-state index contributed by atoms with van der Waals surface area (Å²) in [5.74, 6) is 0.565. The zero-order chi connectivity index (χ0) is 22.2. The number of benzene rings is 2. The van der Waals surface area contributed by atoms with Crippen LogP contribution in [0.1, 0.15) is 0 Å². The molecular formula is C20H18I2O8. The Balaban J connectivity index is 2.51. The van der Waals surface area contributed by atoms with Crippen LogP contribution in [0, 0.1) is 7.14 Å². The average Bonchev–Trinajstić information content (AvgIpc) is 2.72. The molecule has 3 aromatic rings. The first-order valence-electron chi connectivity index (χ1n) is 8.43. The molecular weight excluding hydrogens is 622 g/mol. The molecule has 30 heavy (non-hydrogen) atoms. The van der Waals surface area contributed by atoms with E-state index < -0.39 is 11.2 Å². The molecule has 0 saturated heterocycles. The van der Waals surface area contributed by atoms with Crippen molar-refractivity contribution in [3.05, 3.63) is 29.5 Å². The van der Waals surface area contributed by atoms with Gasteiger partial charge >= 0.3 is 0 Å². The summed E-state index contributed by atoms with van der Waals surface area (Å²) in [7, 11) is 7.08. The summed E-state index contributed by atoms with van der Waals surface area (Å²) < 4.78 is 34.5. The predicted octanol–water partition coefficient (Wildman–Crippen LogP) is 4.42. The third kappa shape index (κ3) is 3.49. The van der Waals surface area contributed by atoms with E-state index in [9.17, 15) is 9.90 Å². The van der Waals surface area contributed by atoms with Gasteiger partial charge in [0.1, 0.15) is 11.1 Å². The van der Waals surface area contributed by atoms with Crippen LogP contribution in [-0.2, 0) is 0 Å². The van der Waals surface area contributed by atoms with Gasteiger partial charge in [-0.2, -0.15) is 0 Å². The van der Waals surface area contributed by atoms with Crippen molar-refractivity contribution in [2.75, 3.05) is 35.5 Å². The maximum Gasteiger partial charge on any atom is 0.239 e. The first-order valence-corrected chi connectivity index (χ1v) is 10.6. The van der Waals surface area contributed by atoms with Gasteiger partial charge in [-0.15, -0.1) is 0 Å². The summed E-state index contributed by atoms with van der Waals surface area (Å²) in [5.41, 5.74) is 0.0254. The highest BCUT2D eigenvalue weighted by Crippen LogP contribution is 2.51. The van der Waals surface area contributed by atoms with Gasteiger partial charge in [-0.05, 0) is 57.3 Å². The lowest BCUT2D eigenvalue weighted by molar-refractivity contribution is 0.310. The Hall–Kier alpha value is -2.09. The molecule has 10 heteroatoms. The lowest BCUT2D eigenvalue weighted by atomic mass is 10.1. The molecule has 0 unspecified atom stereocenters. The van der Waals surface area contributed by atoms with Gasteiger partial charge in [-0.3, -0.25) is 4.79 Å². The molecule has 2 aromatic carbocycles. The van der Waals surface area contributed by atoms with Crippen molar-refractivity contribution >= 4 is 56.2 Å². The van der Waals surface area contributed by atoms with E-state index in [4.69, 9.17) is 28.1 Å². The number of methoxy groups -OCH3 is 5. The predicted molar refractivity (Wildman–Crippen MR) is 128 cm³/mol. The summed E-state index contributed by atoms with van der Waals surface area (Å²) in [6.45, 7) is 0. The van der Waals surface area contributed by atoms with E-state index in [-0.39, 0.29) is 39.7 Å². The van der Waals surface area contributed by atoms with Crippen LogP contribution >= 0.6 is 45.2 Å². The third-order valence-electron chi connectivity index (χ3n) is 4.42. The van der Waals surface area contributed by atoms with Crippen LogP contribution in [0.2, 0.25) is 0 Å². The van der Waals surface area contributed by atoms with E-state index in [1.165, 1.54) is 28.4 Å². The first kappa shape index (κ1) is 22.6. The Morgan fingerprint density at radius 3 is 1.73 bits per heavy atom. The van der Waals surface area contributed by atoms with Gasteiger partial charge in [-0.1, -0.05) is 0 Å². The molecule has 1 aromatic heterocycles. The van der Waals surface area contributed by atoms with Gasteiger partial charge in [0, 0.05) is 5.56 Å². The van der Waals surface area contributed by atoms with Crippen molar-refractivity contribution in [2.45, 2.75) is 0 Å². The van der Waals surface area contributed by atoms with Crippen molar-refractivity contribution < 1.29 is 33.2 Å². The van der Waals surface area contributed by atoms with E-state index in [0.717, 1.165) is 7.14 Å². The monoisotopic (exact) mass is 640 g/mol. The second-order valence-corrected chi connectivity index (χ2v) is 8.24. The summed E-state index contributed by atoms with van der Waals surface area (Å²) >= 11 is 4.27. The van der Waals surface area contributed by atoms with Crippen LogP contribution in [0.25, 0.3) is 22.3 Å². The summed E-state index contributed by atoms with van der Waals surface area (Å²) in [4.78, 5) is 13.3. The Labute approximate surface area is 199 Å². The quantitative estimate of drug-likeness (QED) is 0.396. The van der Waals surface area contributed by atoms with Gasteiger partial charge in [0.15, 0.2) is 17.1 Å². The minimum Gasteiger partial charge on any atom is -0.504 e. The lowest BCUT2D eigenvalue weighted by Gasteiger charge is -2.17. The van der Waals surface area contributed by atoms with Crippen molar-refractivity contribution in [2.24, 2.45) is 0 Å². The van der Waals surface area contributed by atoms with E-state index in [2.05, 4.69) is 45.2 Å². The van der Waals surface area contributed by atoms with Crippen LogP contribution in [0.5, 0.6) is 34.5 Å². The molecule has 0 spiro atoms. The van der Waals surface area contributed by atoms with Crippen LogP contribution in [0.4, 0.5) is 0 Å². The van der Waals surface area contributed by atoms with Gasteiger partial charge in [-0.25, -0.2) is 0 Å². The molecule has 0 bridgehead atoms. The van der Waals surface area contributed by atoms with Crippen LogP contribution in [0.3, 0.4) is 0 Å². The average molecular weight is 640 g/mol. The molecule has 0 atom stereocenters. The third-order valence-corrected chi connectivity index (χ3v) is 6.02. The number of hydrogen-bond donors (Lipinski definition) is 1. The molecule has 0 aliphatic carbocycles. The molecule has 3 rings (SSSR count). The van der Waals surface area contributed by atoms with Crippen LogP contribution in [-0.4, -0.2) is 40.7 Å². The Morgan fingerprint density at radius 1 is 0.767 bits per heavy atom. The summed E-state index contributed by atoms with van der Waals surface area (Å²) in [6.07, 6.45) is 0. The number of aromatic hydroxyl groups is 1. The van der Waals surface area contributed by atoms with Crippen molar-refractivity contribution in [1.82, 2.24) is 0 Å². The number of fused-ring (bicyclic) bond motifs is 1. The molecule has 8 nitrogen and oxygen atoms in total. The highest BCUT2D eigenvalue weighted by Gasteiger charge is 2.29. The minimum absolute atomic E-state index is 0.00860. The zero-order valence-electron chi connectivity index (χ0n) is 16.7. The normalized spacial score (nSPS) is 10.8. The molecule has 1 N–H and O–H groups in total. The molecule has 0 amide bonds. The minimum atomic E-state index is -0.577. The number of phenolic OH excluding ortho intramolecular Hbond substituents is 1. The molecule has 160 valence electrons. The number of ether oxygens (including phenoxy) is 5. The van der Waals surface area contributed by atoms with Crippen molar-refractivity contribution in [3.8, 4) is 45.8 Å². The van der Waals surface area contributed by atoms with Crippen LogP contribution < -0.4 is 29.1 Å².